The zero-order valence-corrected chi connectivity index (χ0v) is 15.9. The zero-order chi connectivity index (χ0) is 18.7. The molecule has 0 aromatic heterocycles. The summed E-state index contributed by atoms with van der Waals surface area (Å²) in [7, 11) is -2.02. The molecule has 0 amide bonds. The molecule has 4 heteroatoms. The number of carbonyl (C=O) groups excluding carboxylic acids is 1. The molecule has 1 unspecified atom stereocenters. The molecule has 26 heavy (non-hydrogen) atoms. The quantitative estimate of drug-likeness (QED) is 0.457. The van der Waals surface area contributed by atoms with Crippen LogP contribution in [-0.4, -0.2) is 5.78 Å². The molecule has 0 saturated carbocycles. The smallest absolute Gasteiger partial charge is 0.289 e. The molecule has 3 aromatic carbocycles. The first kappa shape index (κ1) is 18.0. The molecule has 0 spiro atoms. The van der Waals surface area contributed by atoms with Crippen LogP contribution in [-0.2, 0) is 4.57 Å². The summed E-state index contributed by atoms with van der Waals surface area (Å²) in [5.41, 5.74) is 4.38. The lowest BCUT2D eigenvalue weighted by molar-refractivity contribution is 0.103. The summed E-state index contributed by atoms with van der Waals surface area (Å²) in [4.78, 5) is 12.9. The van der Waals surface area contributed by atoms with Crippen molar-refractivity contribution >= 4 is 19.1 Å². The minimum atomic E-state index is -2.02. The van der Waals surface area contributed by atoms with Gasteiger partial charge in [-0.15, -0.1) is 0 Å². The van der Waals surface area contributed by atoms with Crippen molar-refractivity contribution in [3.05, 3.63) is 94.5 Å². The number of ketones is 1. The SMILES string of the molecule is Cc1cc(C)c(C(=O)c2ccc([P+](=O)Oc3ccccc3)cc2)c(C)c1. The second kappa shape index (κ2) is 7.63. The summed E-state index contributed by atoms with van der Waals surface area (Å²) in [6.45, 7) is 5.92. The highest BCUT2D eigenvalue weighted by molar-refractivity contribution is 7.48. The summed E-state index contributed by atoms with van der Waals surface area (Å²) in [6.07, 6.45) is 0. The van der Waals surface area contributed by atoms with Crippen molar-refractivity contribution < 1.29 is 13.9 Å². The van der Waals surface area contributed by atoms with Gasteiger partial charge in [-0.1, -0.05) is 35.9 Å². The summed E-state index contributed by atoms with van der Waals surface area (Å²) >= 11 is 0. The van der Waals surface area contributed by atoms with Crippen molar-refractivity contribution in [1.82, 2.24) is 0 Å². The molecule has 0 aliphatic carbocycles. The van der Waals surface area contributed by atoms with Crippen molar-refractivity contribution in [3.8, 4) is 5.75 Å². The highest BCUT2D eigenvalue weighted by atomic mass is 31.1. The van der Waals surface area contributed by atoms with Crippen LogP contribution in [0.2, 0.25) is 0 Å². The molecule has 3 nitrogen and oxygen atoms in total. The molecule has 0 radical (unpaired) electrons. The van der Waals surface area contributed by atoms with E-state index in [1.807, 2.05) is 51.1 Å². The fraction of sp³-hybridized carbons (Fsp3) is 0.136. The molecule has 130 valence electrons. The molecule has 0 heterocycles. The zero-order valence-electron chi connectivity index (χ0n) is 15.0. The highest BCUT2D eigenvalue weighted by Gasteiger charge is 2.24. The van der Waals surface area contributed by atoms with Crippen LogP contribution < -0.4 is 9.83 Å². The summed E-state index contributed by atoms with van der Waals surface area (Å²) in [5.74, 6) is 0.533. The average Bonchev–Trinajstić information content (AvgIpc) is 2.61. The Morgan fingerprint density at radius 2 is 1.42 bits per heavy atom. The van der Waals surface area contributed by atoms with Crippen molar-refractivity contribution in [2.45, 2.75) is 20.8 Å². The molecule has 0 N–H and O–H groups in total. The lowest BCUT2D eigenvalue weighted by Gasteiger charge is -2.10. The summed E-state index contributed by atoms with van der Waals surface area (Å²) in [5, 5.41) is 0.553. The van der Waals surface area contributed by atoms with Crippen molar-refractivity contribution in [2.75, 3.05) is 0 Å². The number of benzene rings is 3. The van der Waals surface area contributed by atoms with Gasteiger partial charge in [-0.05, 0) is 72.9 Å². The molecular weight excluding hydrogens is 343 g/mol. The first-order valence-corrected chi connectivity index (χ1v) is 9.56. The normalized spacial score (nSPS) is 11.1. The van der Waals surface area contributed by atoms with Crippen molar-refractivity contribution in [3.63, 3.8) is 0 Å². The third kappa shape index (κ3) is 3.89. The Labute approximate surface area is 154 Å². The molecular formula is C22H20O3P+. The van der Waals surface area contributed by atoms with Gasteiger partial charge in [0.2, 0.25) is 5.30 Å². The monoisotopic (exact) mass is 363 g/mol. The van der Waals surface area contributed by atoms with Crippen LogP contribution in [0.3, 0.4) is 0 Å². The molecule has 3 aromatic rings. The molecule has 0 bridgehead atoms. The second-order valence-corrected chi connectivity index (χ2v) is 7.52. The van der Waals surface area contributed by atoms with Gasteiger partial charge in [0.25, 0.3) is 0 Å². The van der Waals surface area contributed by atoms with E-state index in [1.165, 1.54) is 0 Å². The minimum absolute atomic E-state index is 0.0224. The molecule has 0 aliphatic heterocycles. The molecule has 0 saturated heterocycles. The van der Waals surface area contributed by atoms with E-state index >= 15 is 0 Å². The van der Waals surface area contributed by atoms with E-state index in [0.717, 1.165) is 22.3 Å². The van der Waals surface area contributed by atoms with E-state index in [4.69, 9.17) is 4.52 Å². The van der Waals surface area contributed by atoms with E-state index < -0.39 is 8.03 Å². The van der Waals surface area contributed by atoms with Crippen molar-refractivity contribution in [1.29, 1.82) is 0 Å². The van der Waals surface area contributed by atoms with Crippen LogP contribution in [0.4, 0.5) is 0 Å². The van der Waals surface area contributed by atoms with E-state index in [1.54, 1.807) is 36.4 Å². The Bertz CT molecular complexity index is 937. The van der Waals surface area contributed by atoms with E-state index in [2.05, 4.69) is 0 Å². The average molecular weight is 363 g/mol. The minimum Gasteiger partial charge on any atom is -0.289 e. The third-order valence-corrected chi connectivity index (χ3v) is 5.27. The van der Waals surface area contributed by atoms with Crippen LogP contribution in [0, 0.1) is 20.8 Å². The first-order valence-electron chi connectivity index (χ1n) is 8.38. The Morgan fingerprint density at radius 1 is 0.846 bits per heavy atom. The topological polar surface area (TPSA) is 43.4 Å². The Balaban J connectivity index is 1.81. The number of rotatable bonds is 5. The lowest BCUT2D eigenvalue weighted by Crippen LogP contribution is -2.08. The maximum atomic E-state index is 12.9. The number of aryl methyl sites for hydroxylation is 3. The number of hydrogen-bond donors (Lipinski definition) is 0. The van der Waals surface area contributed by atoms with Crippen LogP contribution in [0.15, 0.2) is 66.7 Å². The number of carbonyl (C=O) groups is 1. The number of hydrogen-bond acceptors (Lipinski definition) is 3. The Hall–Kier alpha value is -2.77. The molecule has 3 rings (SSSR count). The Kier molecular flexibility index (Phi) is 5.29. The van der Waals surface area contributed by atoms with E-state index in [9.17, 15) is 9.36 Å². The van der Waals surface area contributed by atoms with Gasteiger partial charge >= 0.3 is 8.03 Å². The third-order valence-electron chi connectivity index (χ3n) is 4.18. The van der Waals surface area contributed by atoms with Crippen LogP contribution >= 0.6 is 8.03 Å². The summed E-state index contributed by atoms with van der Waals surface area (Å²) < 4.78 is 17.8. The summed E-state index contributed by atoms with van der Waals surface area (Å²) in [6, 6.07) is 19.9. The molecule has 0 fully saturated rings. The van der Waals surface area contributed by atoms with Gasteiger partial charge in [0.15, 0.2) is 11.5 Å². The highest BCUT2D eigenvalue weighted by Crippen LogP contribution is 2.26. The van der Waals surface area contributed by atoms with Gasteiger partial charge in [0, 0.05) is 11.1 Å². The van der Waals surface area contributed by atoms with Gasteiger partial charge in [0.1, 0.15) is 0 Å². The van der Waals surface area contributed by atoms with Crippen molar-refractivity contribution in [2.24, 2.45) is 0 Å². The van der Waals surface area contributed by atoms with E-state index in [0.29, 0.717) is 16.6 Å². The van der Waals surface area contributed by atoms with Crippen LogP contribution in [0.1, 0.15) is 32.6 Å². The van der Waals surface area contributed by atoms with Gasteiger partial charge in [-0.2, -0.15) is 0 Å². The predicted molar refractivity (Wildman–Crippen MR) is 105 cm³/mol. The number of para-hydroxylation sites is 1. The van der Waals surface area contributed by atoms with Crippen LogP contribution in [0.5, 0.6) is 5.75 Å². The maximum absolute atomic E-state index is 12.9. The van der Waals surface area contributed by atoms with Gasteiger partial charge in [0.05, 0.1) is 0 Å². The maximum Gasteiger partial charge on any atom is 0.597 e. The van der Waals surface area contributed by atoms with Crippen LogP contribution in [0.25, 0.3) is 0 Å². The standard InChI is InChI=1S/C22H20O3P/c1-15-13-16(2)21(17(3)14-15)22(23)18-9-11-20(12-10-18)26(24)25-19-7-5-4-6-8-19/h4-14H,1-3H3/q+1. The fourth-order valence-corrected chi connectivity index (χ4v) is 3.86. The second-order valence-electron chi connectivity index (χ2n) is 6.31. The molecule has 0 aliphatic rings. The predicted octanol–water partition coefficient (Wildman–Crippen LogP) is 5.29. The largest absolute Gasteiger partial charge is 0.597 e. The first-order chi connectivity index (χ1) is 12.5. The van der Waals surface area contributed by atoms with Gasteiger partial charge in [-0.25, -0.2) is 0 Å². The van der Waals surface area contributed by atoms with Gasteiger partial charge in [-0.3, -0.25) is 9.32 Å². The lowest BCUT2D eigenvalue weighted by atomic mass is 9.93. The molecule has 1 atom stereocenters. The van der Waals surface area contributed by atoms with E-state index in [-0.39, 0.29) is 5.78 Å². The van der Waals surface area contributed by atoms with Gasteiger partial charge < -0.3 is 0 Å². The fourth-order valence-electron chi connectivity index (χ4n) is 3.05. The Morgan fingerprint density at radius 3 is 2.00 bits per heavy atom.